The zero-order valence-electron chi connectivity index (χ0n) is 8.82. The second-order valence-corrected chi connectivity index (χ2v) is 4.72. The Morgan fingerprint density at radius 1 is 1.53 bits per heavy atom. The van der Waals surface area contributed by atoms with E-state index in [1.165, 1.54) is 4.57 Å². The van der Waals surface area contributed by atoms with Gasteiger partial charge in [-0.1, -0.05) is 39.7 Å². The van der Waals surface area contributed by atoms with E-state index >= 15 is 0 Å². The van der Waals surface area contributed by atoms with E-state index in [0.29, 0.717) is 5.82 Å². The molecule has 0 saturated carbocycles. The summed E-state index contributed by atoms with van der Waals surface area (Å²) in [6.45, 7) is 0. The number of carbonyl (C=O) groups is 1. The van der Waals surface area contributed by atoms with Crippen LogP contribution in [0.25, 0.3) is 11.4 Å². The molecule has 2 rings (SSSR count). The Labute approximate surface area is 111 Å². The third kappa shape index (κ3) is 2.21. The smallest absolute Gasteiger partial charge is 0.355 e. The molecule has 88 valence electrons. The van der Waals surface area contributed by atoms with Crippen molar-refractivity contribution in [1.82, 2.24) is 9.55 Å². The highest BCUT2D eigenvalue weighted by Gasteiger charge is 2.19. The van der Waals surface area contributed by atoms with Crippen LogP contribution in [0.2, 0.25) is 5.15 Å². The summed E-state index contributed by atoms with van der Waals surface area (Å²) in [5, 5.41) is 9.00. The van der Waals surface area contributed by atoms with E-state index in [-0.39, 0.29) is 10.8 Å². The van der Waals surface area contributed by atoms with E-state index in [1.807, 2.05) is 24.3 Å². The van der Waals surface area contributed by atoms with Gasteiger partial charge in [0.05, 0.1) is 0 Å². The number of carboxylic acid groups (broad SMARTS) is 1. The number of aromatic carboxylic acids is 1. The van der Waals surface area contributed by atoms with Crippen LogP contribution < -0.4 is 0 Å². The highest BCUT2D eigenvalue weighted by atomic mass is 79.9. The van der Waals surface area contributed by atoms with E-state index < -0.39 is 5.97 Å². The molecule has 0 bridgehead atoms. The van der Waals surface area contributed by atoms with E-state index in [1.54, 1.807) is 7.05 Å². The first kappa shape index (κ1) is 12.1. The second-order valence-electron chi connectivity index (χ2n) is 3.45. The summed E-state index contributed by atoms with van der Waals surface area (Å²) in [4.78, 5) is 15.1. The maximum absolute atomic E-state index is 11.0. The van der Waals surface area contributed by atoms with Crippen LogP contribution in [0.15, 0.2) is 28.7 Å². The van der Waals surface area contributed by atoms with Crippen LogP contribution in [0, 0.1) is 0 Å². The molecule has 0 amide bonds. The molecule has 0 fully saturated rings. The van der Waals surface area contributed by atoms with Crippen molar-refractivity contribution >= 4 is 33.5 Å². The maximum Gasteiger partial charge on any atom is 0.355 e. The zero-order valence-corrected chi connectivity index (χ0v) is 11.2. The average molecular weight is 316 g/mol. The molecule has 0 atom stereocenters. The predicted octanol–water partition coefficient (Wildman–Crippen LogP) is 3.20. The molecular weight excluding hydrogens is 307 g/mol. The van der Waals surface area contributed by atoms with Crippen molar-refractivity contribution in [3.8, 4) is 11.4 Å². The number of aromatic nitrogens is 2. The first-order chi connectivity index (χ1) is 8.00. The van der Waals surface area contributed by atoms with Gasteiger partial charge in [-0.15, -0.1) is 0 Å². The number of benzene rings is 1. The molecule has 0 aliphatic carbocycles. The van der Waals surface area contributed by atoms with Crippen molar-refractivity contribution in [2.45, 2.75) is 0 Å². The molecular formula is C11H8BrClN2O2. The third-order valence-electron chi connectivity index (χ3n) is 2.34. The Balaban J connectivity index is 2.62. The van der Waals surface area contributed by atoms with Gasteiger partial charge in [-0.3, -0.25) is 0 Å². The number of halogens is 2. The van der Waals surface area contributed by atoms with E-state index in [4.69, 9.17) is 16.7 Å². The lowest BCUT2D eigenvalue weighted by molar-refractivity contribution is 0.0687. The van der Waals surface area contributed by atoms with Crippen LogP contribution in [0.3, 0.4) is 0 Å². The van der Waals surface area contributed by atoms with Gasteiger partial charge in [-0.2, -0.15) is 0 Å². The van der Waals surface area contributed by atoms with Gasteiger partial charge in [0, 0.05) is 17.1 Å². The van der Waals surface area contributed by atoms with E-state index in [0.717, 1.165) is 10.0 Å². The van der Waals surface area contributed by atoms with Crippen LogP contribution in [0.4, 0.5) is 0 Å². The van der Waals surface area contributed by atoms with Crippen LogP contribution >= 0.6 is 27.5 Å². The van der Waals surface area contributed by atoms with Crippen molar-refractivity contribution < 1.29 is 9.90 Å². The van der Waals surface area contributed by atoms with Gasteiger partial charge in [0.2, 0.25) is 0 Å². The molecule has 0 unspecified atom stereocenters. The molecule has 0 saturated heterocycles. The fourth-order valence-corrected chi connectivity index (χ4v) is 2.27. The Hall–Kier alpha value is -1.33. The van der Waals surface area contributed by atoms with E-state index in [2.05, 4.69) is 20.9 Å². The van der Waals surface area contributed by atoms with Crippen molar-refractivity contribution in [2.24, 2.45) is 7.05 Å². The monoisotopic (exact) mass is 314 g/mol. The largest absolute Gasteiger partial charge is 0.476 e. The highest BCUT2D eigenvalue weighted by Crippen LogP contribution is 2.26. The Morgan fingerprint density at radius 2 is 2.24 bits per heavy atom. The third-order valence-corrected chi connectivity index (χ3v) is 3.09. The zero-order chi connectivity index (χ0) is 12.6. The van der Waals surface area contributed by atoms with Crippen molar-refractivity contribution in [3.05, 3.63) is 39.6 Å². The van der Waals surface area contributed by atoms with Gasteiger partial charge in [-0.05, 0) is 12.1 Å². The standard InChI is InChI=1S/C11H8BrClN2O2/c1-15-8(11(16)17)9(13)14-10(15)6-3-2-4-7(12)5-6/h2-5H,1H3,(H,16,17). The number of nitrogens with zero attached hydrogens (tertiary/aromatic N) is 2. The summed E-state index contributed by atoms with van der Waals surface area (Å²) in [5.74, 6) is -0.569. The topological polar surface area (TPSA) is 55.1 Å². The fraction of sp³-hybridized carbons (Fsp3) is 0.0909. The lowest BCUT2D eigenvalue weighted by atomic mass is 10.2. The molecule has 1 N–H and O–H groups in total. The van der Waals surface area contributed by atoms with Gasteiger partial charge in [-0.25, -0.2) is 9.78 Å². The average Bonchev–Trinajstić information content (AvgIpc) is 2.54. The van der Waals surface area contributed by atoms with Gasteiger partial charge < -0.3 is 9.67 Å². The number of carboxylic acids is 1. The molecule has 0 radical (unpaired) electrons. The molecule has 0 aliphatic rings. The van der Waals surface area contributed by atoms with Crippen LogP contribution in [0.1, 0.15) is 10.5 Å². The molecule has 6 heteroatoms. The summed E-state index contributed by atoms with van der Waals surface area (Å²) < 4.78 is 2.36. The lowest BCUT2D eigenvalue weighted by Gasteiger charge is -2.03. The van der Waals surface area contributed by atoms with E-state index in [9.17, 15) is 4.79 Å². The van der Waals surface area contributed by atoms with Gasteiger partial charge in [0.25, 0.3) is 0 Å². The maximum atomic E-state index is 11.0. The first-order valence-corrected chi connectivity index (χ1v) is 5.89. The van der Waals surface area contributed by atoms with Gasteiger partial charge >= 0.3 is 5.97 Å². The summed E-state index contributed by atoms with van der Waals surface area (Å²) in [6.07, 6.45) is 0. The summed E-state index contributed by atoms with van der Waals surface area (Å²) in [6, 6.07) is 7.42. The Morgan fingerprint density at radius 3 is 2.76 bits per heavy atom. The second kappa shape index (κ2) is 4.50. The van der Waals surface area contributed by atoms with Crippen LogP contribution in [0.5, 0.6) is 0 Å². The highest BCUT2D eigenvalue weighted by molar-refractivity contribution is 9.10. The Kier molecular flexibility index (Phi) is 3.22. The number of rotatable bonds is 2. The SMILES string of the molecule is Cn1c(-c2cccc(Br)c2)nc(Cl)c1C(=O)O. The summed E-state index contributed by atoms with van der Waals surface area (Å²) in [5.41, 5.74) is 0.790. The Bertz CT molecular complexity index is 595. The molecule has 1 heterocycles. The molecule has 1 aromatic carbocycles. The molecule has 17 heavy (non-hydrogen) atoms. The minimum atomic E-state index is -1.09. The molecule has 0 aliphatic heterocycles. The number of hydrogen-bond acceptors (Lipinski definition) is 2. The van der Waals surface area contributed by atoms with Crippen molar-refractivity contribution in [3.63, 3.8) is 0 Å². The minimum absolute atomic E-state index is 0.00465. The fourth-order valence-electron chi connectivity index (χ4n) is 1.58. The molecule has 2 aromatic rings. The van der Waals surface area contributed by atoms with Crippen molar-refractivity contribution in [1.29, 1.82) is 0 Å². The predicted molar refractivity (Wildman–Crippen MR) is 68.3 cm³/mol. The number of imidazole rings is 1. The van der Waals surface area contributed by atoms with Crippen LogP contribution in [-0.2, 0) is 7.05 Å². The van der Waals surface area contributed by atoms with Crippen molar-refractivity contribution in [2.75, 3.05) is 0 Å². The summed E-state index contributed by atoms with van der Waals surface area (Å²) in [7, 11) is 1.62. The quantitative estimate of drug-likeness (QED) is 0.926. The minimum Gasteiger partial charge on any atom is -0.476 e. The van der Waals surface area contributed by atoms with Gasteiger partial charge in [0.1, 0.15) is 5.82 Å². The normalized spacial score (nSPS) is 10.5. The molecule has 1 aromatic heterocycles. The summed E-state index contributed by atoms with van der Waals surface area (Å²) >= 11 is 9.16. The van der Waals surface area contributed by atoms with Crippen LogP contribution in [-0.4, -0.2) is 20.6 Å². The lowest BCUT2D eigenvalue weighted by Crippen LogP contribution is -2.05. The first-order valence-electron chi connectivity index (χ1n) is 4.72. The number of hydrogen-bond donors (Lipinski definition) is 1. The molecule has 4 nitrogen and oxygen atoms in total. The van der Waals surface area contributed by atoms with Gasteiger partial charge in [0.15, 0.2) is 10.8 Å². The molecule has 0 spiro atoms.